The summed E-state index contributed by atoms with van der Waals surface area (Å²) in [5, 5.41) is 0. The van der Waals surface area contributed by atoms with E-state index in [0.29, 0.717) is 6.61 Å². The number of nitrogens with two attached hydrogens (primary N) is 1. The van der Waals surface area contributed by atoms with E-state index in [-0.39, 0.29) is 6.04 Å². The van der Waals surface area contributed by atoms with Crippen LogP contribution >= 0.6 is 22.9 Å². The molecule has 2 aromatic rings. The highest BCUT2D eigenvalue weighted by molar-refractivity contribution is 7.16. The lowest BCUT2D eigenvalue weighted by Crippen LogP contribution is -2.04. The number of fused-ring (bicyclic) bond motifs is 1. The minimum atomic E-state index is 0.199. The number of benzene rings is 1. The third-order valence-electron chi connectivity index (χ3n) is 3.25. The quantitative estimate of drug-likeness (QED) is 0.924. The van der Waals surface area contributed by atoms with Crippen molar-refractivity contribution >= 4 is 22.9 Å². The summed E-state index contributed by atoms with van der Waals surface area (Å²) in [4.78, 5) is 1.14. The number of hydrogen-bond donors (Lipinski definition) is 1. The molecule has 0 saturated heterocycles. The maximum absolute atomic E-state index is 6.01. The van der Waals surface area contributed by atoms with Crippen LogP contribution < -0.4 is 10.5 Å². The fraction of sp³-hybridized carbons (Fsp3) is 0.286. The molecular formula is C14H14ClNOS. The molecule has 0 aliphatic heterocycles. The summed E-state index contributed by atoms with van der Waals surface area (Å²) in [6.45, 7) is 0.572. The molecule has 0 saturated carbocycles. The van der Waals surface area contributed by atoms with Crippen molar-refractivity contribution in [1.29, 1.82) is 0 Å². The van der Waals surface area contributed by atoms with E-state index in [0.717, 1.165) is 27.8 Å². The van der Waals surface area contributed by atoms with E-state index in [1.165, 1.54) is 11.1 Å². The molecule has 1 atom stereocenters. The zero-order chi connectivity index (χ0) is 12.5. The van der Waals surface area contributed by atoms with Gasteiger partial charge in [-0.05, 0) is 48.2 Å². The van der Waals surface area contributed by atoms with Gasteiger partial charge in [0, 0.05) is 10.9 Å². The van der Waals surface area contributed by atoms with Crippen molar-refractivity contribution in [2.24, 2.45) is 5.73 Å². The van der Waals surface area contributed by atoms with Crippen LogP contribution in [0.4, 0.5) is 0 Å². The van der Waals surface area contributed by atoms with Crippen molar-refractivity contribution in [2.75, 3.05) is 0 Å². The molecule has 0 radical (unpaired) electrons. The van der Waals surface area contributed by atoms with E-state index in [1.807, 2.05) is 18.2 Å². The highest BCUT2D eigenvalue weighted by Crippen LogP contribution is 2.32. The lowest BCUT2D eigenvalue weighted by atomic mass is 10.1. The molecule has 0 amide bonds. The van der Waals surface area contributed by atoms with Gasteiger partial charge in [0.2, 0.25) is 0 Å². The summed E-state index contributed by atoms with van der Waals surface area (Å²) in [7, 11) is 0. The van der Waals surface area contributed by atoms with Crippen molar-refractivity contribution < 1.29 is 4.74 Å². The average Bonchev–Trinajstić information content (AvgIpc) is 2.94. The van der Waals surface area contributed by atoms with Gasteiger partial charge in [-0.25, -0.2) is 0 Å². The lowest BCUT2D eigenvalue weighted by molar-refractivity contribution is 0.309. The molecule has 3 rings (SSSR count). The molecular weight excluding hydrogens is 266 g/mol. The van der Waals surface area contributed by atoms with Gasteiger partial charge in [-0.2, -0.15) is 0 Å². The smallest absolute Gasteiger partial charge is 0.122 e. The summed E-state index contributed by atoms with van der Waals surface area (Å²) in [6.07, 6.45) is 2.10. The molecule has 1 aromatic heterocycles. The van der Waals surface area contributed by atoms with Crippen LogP contribution in [0.3, 0.4) is 0 Å². The molecule has 2 N–H and O–H groups in total. The summed E-state index contributed by atoms with van der Waals surface area (Å²) in [5.41, 5.74) is 8.60. The highest BCUT2D eigenvalue weighted by atomic mass is 35.5. The molecule has 1 aliphatic carbocycles. The largest absolute Gasteiger partial charge is 0.488 e. The molecule has 1 aromatic carbocycles. The topological polar surface area (TPSA) is 35.2 Å². The highest BCUT2D eigenvalue weighted by Gasteiger charge is 2.19. The van der Waals surface area contributed by atoms with E-state index in [2.05, 4.69) is 12.1 Å². The van der Waals surface area contributed by atoms with Crippen molar-refractivity contribution in [3.63, 3.8) is 0 Å². The minimum Gasteiger partial charge on any atom is -0.488 e. The van der Waals surface area contributed by atoms with E-state index >= 15 is 0 Å². The summed E-state index contributed by atoms with van der Waals surface area (Å²) in [6, 6.07) is 10.3. The van der Waals surface area contributed by atoms with Gasteiger partial charge in [0.1, 0.15) is 12.4 Å². The van der Waals surface area contributed by atoms with Gasteiger partial charge >= 0.3 is 0 Å². The molecule has 4 heteroatoms. The van der Waals surface area contributed by atoms with E-state index in [1.54, 1.807) is 11.3 Å². The van der Waals surface area contributed by atoms with Gasteiger partial charge in [0.15, 0.2) is 0 Å². The molecule has 0 spiro atoms. The second-order valence-electron chi connectivity index (χ2n) is 4.50. The molecule has 1 unspecified atom stereocenters. The Morgan fingerprint density at radius 1 is 1.33 bits per heavy atom. The Hall–Kier alpha value is -1.03. The normalized spacial score (nSPS) is 17.8. The van der Waals surface area contributed by atoms with Crippen LogP contribution in [-0.2, 0) is 13.0 Å². The first-order chi connectivity index (χ1) is 8.72. The number of aryl methyl sites for hydroxylation is 1. The summed E-state index contributed by atoms with van der Waals surface area (Å²) >= 11 is 7.44. The SMILES string of the molecule is NC1CCc2cc(OCc3ccc(Cl)s3)ccc21. The second kappa shape index (κ2) is 4.92. The third kappa shape index (κ3) is 2.39. The van der Waals surface area contributed by atoms with E-state index in [9.17, 15) is 0 Å². The first-order valence-electron chi connectivity index (χ1n) is 5.98. The molecule has 2 nitrogen and oxygen atoms in total. The predicted molar refractivity (Wildman–Crippen MR) is 75.4 cm³/mol. The molecule has 1 aliphatic rings. The molecule has 94 valence electrons. The van der Waals surface area contributed by atoms with Crippen molar-refractivity contribution in [2.45, 2.75) is 25.5 Å². The van der Waals surface area contributed by atoms with Crippen molar-refractivity contribution in [3.05, 3.63) is 50.7 Å². The molecule has 18 heavy (non-hydrogen) atoms. The Morgan fingerprint density at radius 3 is 3.00 bits per heavy atom. The van der Waals surface area contributed by atoms with Gasteiger partial charge in [0.05, 0.1) is 4.34 Å². The Kier molecular flexibility index (Phi) is 3.29. The molecule has 0 fully saturated rings. The third-order valence-corrected chi connectivity index (χ3v) is 4.45. The van der Waals surface area contributed by atoms with Gasteiger partial charge in [0.25, 0.3) is 0 Å². The van der Waals surface area contributed by atoms with Crippen molar-refractivity contribution in [1.82, 2.24) is 0 Å². The number of thiophene rings is 1. The molecule has 0 bridgehead atoms. The average molecular weight is 280 g/mol. The number of ether oxygens (including phenoxy) is 1. The number of hydrogen-bond acceptors (Lipinski definition) is 3. The van der Waals surface area contributed by atoms with Gasteiger partial charge in [-0.3, -0.25) is 0 Å². The van der Waals surface area contributed by atoms with Gasteiger partial charge in [-0.1, -0.05) is 17.7 Å². The van der Waals surface area contributed by atoms with Crippen LogP contribution in [0.15, 0.2) is 30.3 Å². The van der Waals surface area contributed by atoms with E-state index < -0.39 is 0 Å². The summed E-state index contributed by atoms with van der Waals surface area (Å²) < 4.78 is 6.58. The van der Waals surface area contributed by atoms with Gasteiger partial charge in [-0.15, -0.1) is 11.3 Å². The van der Waals surface area contributed by atoms with Gasteiger partial charge < -0.3 is 10.5 Å². The monoisotopic (exact) mass is 279 g/mol. The first-order valence-corrected chi connectivity index (χ1v) is 7.17. The Morgan fingerprint density at radius 2 is 2.22 bits per heavy atom. The number of rotatable bonds is 3. The zero-order valence-corrected chi connectivity index (χ0v) is 11.4. The van der Waals surface area contributed by atoms with E-state index in [4.69, 9.17) is 22.1 Å². The maximum Gasteiger partial charge on any atom is 0.122 e. The number of halogens is 1. The zero-order valence-electron chi connectivity index (χ0n) is 9.86. The van der Waals surface area contributed by atoms with Crippen LogP contribution in [0.25, 0.3) is 0 Å². The Bertz CT molecular complexity index is 567. The van der Waals surface area contributed by atoms with Crippen LogP contribution in [0.1, 0.15) is 28.5 Å². The minimum absolute atomic E-state index is 0.199. The second-order valence-corrected chi connectivity index (χ2v) is 6.30. The standard InChI is InChI=1S/C14H14ClNOS/c15-14-6-3-11(18-14)8-17-10-2-4-12-9(7-10)1-5-13(12)16/h2-4,6-7,13H,1,5,8,16H2. The Labute approximate surface area is 115 Å². The summed E-state index contributed by atoms with van der Waals surface area (Å²) in [5.74, 6) is 0.910. The fourth-order valence-electron chi connectivity index (χ4n) is 2.30. The van der Waals surface area contributed by atoms with Crippen molar-refractivity contribution in [3.8, 4) is 5.75 Å². The first kappa shape index (κ1) is 12.0. The lowest BCUT2D eigenvalue weighted by Gasteiger charge is -2.08. The predicted octanol–water partition coefficient (Wildman–Crippen LogP) is 3.93. The van der Waals surface area contributed by atoms with Crippen LogP contribution in [0.5, 0.6) is 5.75 Å². The molecule has 1 heterocycles. The van der Waals surface area contributed by atoms with Crippen LogP contribution in [0.2, 0.25) is 4.34 Å². The fourth-order valence-corrected chi connectivity index (χ4v) is 3.30. The Balaban J connectivity index is 1.70. The van der Waals surface area contributed by atoms with Crippen LogP contribution in [-0.4, -0.2) is 0 Å². The van der Waals surface area contributed by atoms with Crippen LogP contribution in [0, 0.1) is 0 Å². The maximum atomic E-state index is 6.01.